The van der Waals surface area contributed by atoms with Gasteiger partial charge in [-0.1, -0.05) is 0 Å². The Morgan fingerprint density at radius 2 is 2.15 bits per heavy atom. The molecule has 1 fully saturated rings. The normalized spacial score (nSPS) is 16.6. The van der Waals surface area contributed by atoms with Crippen LogP contribution in [0.15, 0.2) is 0 Å². The summed E-state index contributed by atoms with van der Waals surface area (Å²) in [4.78, 5) is 16.9. The molecule has 0 spiro atoms. The summed E-state index contributed by atoms with van der Waals surface area (Å²) in [6, 6.07) is 2.07. The molecule has 0 radical (unpaired) electrons. The number of amides is 1. The quantitative estimate of drug-likeness (QED) is 0.838. The Kier molecular flexibility index (Phi) is 4.47. The Morgan fingerprint density at radius 1 is 1.40 bits per heavy atom. The number of carbonyl (C=O) groups is 1. The van der Waals surface area contributed by atoms with Crippen LogP contribution in [0.5, 0.6) is 0 Å². The number of hydrogen-bond acceptors (Lipinski definition) is 6. The first-order valence-corrected chi connectivity index (χ1v) is 7.38. The van der Waals surface area contributed by atoms with Crippen LogP contribution in [0.2, 0.25) is 0 Å². The van der Waals surface area contributed by atoms with Gasteiger partial charge in [0.1, 0.15) is 15.9 Å². The molecular weight excluding hydrogens is 274 g/mol. The van der Waals surface area contributed by atoms with Crippen LogP contribution < -0.4 is 16.0 Å². The van der Waals surface area contributed by atoms with E-state index in [9.17, 15) is 4.79 Å². The largest absolute Gasteiger partial charge is 0.396 e. The third-order valence-corrected chi connectivity index (χ3v) is 4.66. The first-order chi connectivity index (χ1) is 9.58. The van der Waals surface area contributed by atoms with Crippen molar-refractivity contribution in [1.29, 1.82) is 5.26 Å². The summed E-state index contributed by atoms with van der Waals surface area (Å²) in [5.41, 5.74) is 6.69. The van der Waals surface area contributed by atoms with Crippen molar-refractivity contribution in [2.75, 3.05) is 50.9 Å². The van der Waals surface area contributed by atoms with Crippen LogP contribution in [0.3, 0.4) is 0 Å². The summed E-state index contributed by atoms with van der Waals surface area (Å²) in [6.45, 7) is 3.69. The highest BCUT2D eigenvalue weighted by Gasteiger charge is 2.26. The molecule has 7 heteroatoms. The van der Waals surface area contributed by atoms with E-state index in [4.69, 9.17) is 11.0 Å². The summed E-state index contributed by atoms with van der Waals surface area (Å²) < 4.78 is 0. The Hall–Kier alpha value is -1.78. The maximum atomic E-state index is 12.0. The van der Waals surface area contributed by atoms with Crippen molar-refractivity contribution < 1.29 is 4.79 Å². The second-order valence-electron chi connectivity index (χ2n) is 4.86. The molecule has 0 unspecified atom stereocenters. The molecule has 1 amide bonds. The number of thiophene rings is 1. The summed E-state index contributed by atoms with van der Waals surface area (Å²) in [5, 5.41) is 12.5. The average Bonchev–Trinajstić information content (AvgIpc) is 2.62. The number of nitrogens with zero attached hydrogens (tertiary/aromatic N) is 3. The Labute approximate surface area is 122 Å². The molecular formula is C13H19N5OS. The topological polar surface area (TPSA) is 85.4 Å². The second-order valence-corrected chi connectivity index (χ2v) is 5.86. The second kappa shape index (κ2) is 6.11. The van der Waals surface area contributed by atoms with Crippen molar-refractivity contribution in [3.05, 3.63) is 10.4 Å². The molecule has 6 nitrogen and oxygen atoms in total. The molecule has 3 N–H and O–H groups in total. The lowest BCUT2D eigenvalue weighted by Gasteiger charge is -2.22. The number of nitrogens with one attached hydrogen (secondary N) is 1. The van der Waals surface area contributed by atoms with Crippen LogP contribution in [0.4, 0.5) is 10.7 Å². The highest BCUT2D eigenvalue weighted by Crippen LogP contribution is 2.38. The van der Waals surface area contributed by atoms with E-state index in [1.54, 1.807) is 7.05 Å². The van der Waals surface area contributed by atoms with Crippen LogP contribution in [0.1, 0.15) is 21.7 Å². The van der Waals surface area contributed by atoms with E-state index >= 15 is 0 Å². The molecule has 1 aromatic heterocycles. The van der Waals surface area contributed by atoms with Gasteiger partial charge in [0, 0.05) is 26.7 Å². The number of nitrogen functional groups attached to an aromatic ring is 1. The van der Waals surface area contributed by atoms with E-state index in [1.807, 2.05) is 0 Å². The zero-order valence-corrected chi connectivity index (χ0v) is 12.6. The first-order valence-electron chi connectivity index (χ1n) is 6.56. The van der Waals surface area contributed by atoms with E-state index < -0.39 is 0 Å². The smallest absolute Gasteiger partial charge is 0.256 e. The number of anilines is 2. The molecule has 2 rings (SSSR count). The van der Waals surface area contributed by atoms with Gasteiger partial charge in [-0.3, -0.25) is 4.79 Å². The van der Waals surface area contributed by atoms with Gasteiger partial charge in [-0.15, -0.1) is 11.3 Å². The number of nitrogens with two attached hydrogens (primary N) is 1. The van der Waals surface area contributed by atoms with Crippen molar-refractivity contribution in [2.45, 2.75) is 6.42 Å². The van der Waals surface area contributed by atoms with Crippen molar-refractivity contribution in [3.63, 3.8) is 0 Å². The van der Waals surface area contributed by atoms with Crippen LogP contribution in [-0.2, 0) is 0 Å². The van der Waals surface area contributed by atoms with Crippen molar-refractivity contribution in [3.8, 4) is 6.07 Å². The predicted octanol–water partition coefficient (Wildman–Crippen LogP) is 0.703. The lowest BCUT2D eigenvalue weighted by molar-refractivity contribution is 0.0965. The summed E-state index contributed by atoms with van der Waals surface area (Å²) >= 11 is 1.31. The SMILES string of the molecule is CNC(=O)c1c(N2CCCN(C)CC2)sc(C#N)c1N. The summed E-state index contributed by atoms with van der Waals surface area (Å²) in [7, 11) is 3.66. The lowest BCUT2D eigenvalue weighted by Crippen LogP contribution is -2.30. The number of carbonyl (C=O) groups excluding carboxylic acids is 1. The molecule has 0 aliphatic carbocycles. The minimum absolute atomic E-state index is 0.229. The first kappa shape index (κ1) is 14.6. The van der Waals surface area contributed by atoms with Crippen molar-refractivity contribution >= 4 is 27.9 Å². The van der Waals surface area contributed by atoms with Crippen molar-refractivity contribution in [2.24, 2.45) is 0 Å². The molecule has 2 heterocycles. The average molecular weight is 293 g/mol. The van der Waals surface area contributed by atoms with E-state index in [-0.39, 0.29) is 5.91 Å². The highest BCUT2D eigenvalue weighted by atomic mass is 32.1. The zero-order valence-electron chi connectivity index (χ0n) is 11.8. The van der Waals surface area contributed by atoms with Gasteiger partial charge in [-0.2, -0.15) is 5.26 Å². The van der Waals surface area contributed by atoms with Crippen LogP contribution >= 0.6 is 11.3 Å². The Balaban J connectivity index is 2.39. The van der Waals surface area contributed by atoms with Gasteiger partial charge in [0.25, 0.3) is 5.91 Å². The third kappa shape index (κ3) is 2.71. The van der Waals surface area contributed by atoms with E-state index in [0.717, 1.165) is 37.6 Å². The highest BCUT2D eigenvalue weighted by molar-refractivity contribution is 7.17. The molecule has 108 valence electrons. The molecule has 1 saturated heterocycles. The fourth-order valence-corrected chi connectivity index (χ4v) is 3.40. The molecule has 0 bridgehead atoms. The van der Waals surface area contributed by atoms with Crippen molar-refractivity contribution in [1.82, 2.24) is 10.2 Å². The van der Waals surface area contributed by atoms with Crippen LogP contribution in [-0.4, -0.2) is 51.1 Å². The van der Waals surface area contributed by atoms with E-state index in [2.05, 4.69) is 28.2 Å². The van der Waals surface area contributed by atoms with Gasteiger partial charge < -0.3 is 20.9 Å². The lowest BCUT2D eigenvalue weighted by atomic mass is 10.2. The fraction of sp³-hybridized carbons (Fsp3) is 0.538. The number of hydrogen-bond donors (Lipinski definition) is 2. The minimum Gasteiger partial charge on any atom is -0.396 e. The molecule has 0 aromatic carbocycles. The standard InChI is InChI=1S/C13H19N5OS/c1-16-12(19)10-11(15)9(8-14)20-13(10)18-5-3-4-17(2)6-7-18/h3-7,15H2,1-2H3,(H,16,19). The van der Waals surface area contributed by atoms with Crippen LogP contribution in [0, 0.1) is 11.3 Å². The predicted molar refractivity (Wildman–Crippen MR) is 81.2 cm³/mol. The Morgan fingerprint density at radius 3 is 2.80 bits per heavy atom. The third-order valence-electron chi connectivity index (χ3n) is 3.49. The molecule has 20 heavy (non-hydrogen) atoms. The number of nitriles is 1. The minimum atomic E-state index is -0.229. The Bertz CT molecular complexity index is 548. The van der Waals surface area contributed by atoms with Crippen LogP contribution in [0.25, 0.3) is 0 Å². The van der Waals surface area contributed by atoms with E-state index in [1.165, 1.54) is 11.3 Å². The van der Waals surface area contributed by atoms with Gasteiger partial charge >= 0.3 is 0 Å². The van der Waals surface area contributed by atoms with Gasteiger partial charge in [0.05, 0.1) is 11.3 Å². The molecule has 1 aliphatic rings. The fourth-order valence-electron chi connectivity index (χ4n) is 2.33. The monoisotopic (exact) mass is 293 g/mol. The maximum Gasteiger partial charge on any atom is 0.256 e. The number of rotatable bonds is 2. The molecule has 1 aromatic rings. The van der Waals surface area contributed by atoms with Gasteiger partial charge in [-0.25, -0.2) is 0 Å². The van der Waals surface area contributed by atoms with Gasteiger partial charge in [-0.05, 0) is 20.0 Å². The molecule has 0 atom stereocenters. The van der Waals surface area contributed by atoms with Gasteiger partial charge in [0.15, 0.2) is 0 Å². The molecule has 1 aliphatic heterocycles. The maximum absolute atomic E-state index is 12.0. The van der Waals surface area contributed by atoms with E-state index in [0.29, 0.717) is 16.1 Å². The molecule has 0 saturated carbocycles. The zero-order chi connectivity index (χ0) is 14.7. The van der Waals surface area contributed by atoms with Gasteiger partial charge in [0.2, 0.25) is 0 Å². The summed E-state index contributed by atoms with van der Waals surface area (Å²) in [6.07, 6.45) is 1.03. The number of likely N-dealkylation sites (N-methyl/N-ethyl adjacent to an activating group) is 1. The summed E-state index contributed by atoms with van der Waals surface area (Å²) in [5.74, 6) is -0.229.